The van der Waals surface area contributed by atoms with E-state index in [1.165, 1.54) is 11.3 Å². The molecule has 1 unspecified atom stereocenters. The number of carboxylic acids is 1. The first-order valence-electron chi connectivity index (χ1n) is 5.54. The monoisotopic (exact) mass is 316 g/mol. The fourth-order valence-corrected chi connectivity index (χ4v) is 3.89. The van der Waals surface area contributed by atoms with Crippen molar-refractivity contribution in [1.29, 1.82) is 0 Å². The lowest BCUT2D eigenvalue weighted by Gasteiger charge is -2.31. The van der Waals surface area contributed by atoms with Gasteiger partial charge >= 0.3 is 5.97 Å². The second-order valence-electron chi connectivity index (χ2n) is 4.43. The summed E-state index contributed by atoms with van der Waals surface area (Å²) in [4.78, 5) is 24.4. The smallest absolute Gasteiger partial charge is 0.317 e. The summed E-state index contributed by atoms with van der Waals surface area (Å²) in [7, 11) is 0. The Morgan fingerprint density at radius 3 is 2.82 bits per heavy atom. The third-order valence-corrected chi connectivity index (χ3v) is 5.00. The highest BCUT2D eigenvalue weighted by Gasteiger charge is 2.46. The highest BCUT2D eigenvalue weighted by Crippen LogP contribution is 2.38. The molecule has 5 heteroatoms. The number of hydrogen-bond acceptors (Lipinski definition) is 3. The van der Waals surface area contributed by atoms with E-state index in [2.05, 4.69) is 15.9 Å². The largest absolute Gasteiger partial charge is 0.480 e. The van der Waals surface area contributed by atoms with Crippen molar-refractivity contribution in [2.75, 3.05) is 0 Å². The fraction of sp³-hybridized carbons (Fsp3) is 0.500. The molecule has 1 fully saturated rings. The molecular weight excluding hydrogens is 304 g/mol. The third-order valence-electron chi connectivity index (χ3n) is 3.30. The molecule has 0 amide bonds. The minimum Gasteiger partial charge on any atom is -0.480 e. The molecule has 1 saturated carbocycles. The number of halogens is 1. The van der Waals surface area contributed by atoms with Gasteiger partial charge in [0, 0.05) is 27.6 Å². The molecule has 0 spiro atoms. The van der Waals surface area contributed by atoms with Gasteiger partial charge in [0.25, 0.3) is 0 Å². The summed E-state index contributed by atoms with van der Waals surface area (Å²) in [5.41, 5.74) is -1.18. The minimum absolute atomic E-state index is 0.110. The van der Waals surface area contributed by atoms with E-state index in [1.807, 2.05) is 11.4 Å². The molecule has 0 aliphatic heterocycles. The first-order chi connectivity index (χ1) is 8.04. The Morgan fingerprint density at radius 1 is 1.53 bits per heavy atom. The van der Waals surface area contributed by atoms with Gasteiger partial charge in [0.2, 0.25) is 0 Å². The molecule has 0 radical (unpaired) electrons. The second kappa shape index (κ2) is 4.90. The summed E-state index contributed by atoms with van der Waals surface area (Å²) in [5.74, 6) is -1.08. The zero-order valence-corrected chi connectivity index (χ0v) is 11.6. The highest BCUT2D eigenvalue weighted by molar-refractivity contribution is 9.10. The topological polar surface area (TPSA) is 54.4 Å². The van der Waals surface area contributed by atoms with Crippen LogP contribution in [0, 0.1) is 5.41 Å². The van der Waals surface area contributed by atoms with Gasteiger partial charge in [0.15, 0.2) is 5.78 Å². The lowest BCUT2D eigenvalue weighted by atomic mass is 9.70. The predicted molar refractivity (Wildman–Crippen MR) is 69.3 cm³/mol. The van der Waals surface area contributed by atoms with Gasteiger partial charge in [-0.3, -0.25) is 9.59 Å². The van der Waals surface area contributed by atoms with Crippen LogP contribution in [0.4, 0.5) is 0 Å². The highest BCUT2D eigenvalue weighted by atomic mass is 79.9. The van der Waals surface area contributed by atoms with Crippen molar-refractivity contribution in [3.8, 4) is 0 Å². The Kier molecular flexibility index (Phi) is 3.68. The van der Waals surface area contributed by atoms with Gasteiger partial charge in [-0.15, -0.1) is 11.3 Å². The maximum atomic E-state index is 12.0. The van der Waals surface area contributed by atoms with E-state index < -0.39 is 11.4 Å². The number of carbonyl (C=O) groups is 2. The minimum atomic E-state index is -1.18. The van der Waals surface area contributed by atoms with Crippen molar-refractivity contribution >= 4 is 39.0 Å². The molecule has 2 rings (SSSR count). The van der Waals surface area contributed by atoms with Crippen molar-refractivity contribution in [3.05, 3.63) is 20.8 Å². The summed E-state index contributed by atoms with van der Waals surface area (Å²) in [6, 6.07) is 1.90. The number of rotatable bonds is 3. The average Bonchev–Trinajstić information content (AvgIpc) is 2.67. The Morgan fingerprint density at radius 2 is 2.29 bits per heavy atom. The van der Waals surface area contributed by atoms with Crippen LogP contribution in [-0.2, 0) is 16.0 Å². The van der Waals surface area contributed by atoms with E-state index in [-0.39, 0.29) is 5.78 Å². The maximum absolute atomic E-state index is 12.0. The Labute approximate surface area is 112 Å². The van der Waals surface area contributed by atoms with Crippen molar-refractivity contribution in [2.24, 2.45) is 5.41 Å². The molecular formula is C12H13BrO3S. The summed E-state index contributed by atoms with van der Waals surface area (Å²) >= 11 is 4.84. The van der Waals surface area contributed by atoms with Gasteiger partial charge in [0.1, 0.15) is 5.41 Å². The van der Waals surface area contributed by atoms with E-state index >= 15 is 0 Å². The number of carboxylic acid groups (broad SMARTS) is 1. The molecule has 0 saturated heterocycles. The van der Waals surface area contributed by atoms with E-state index in [9.17, 15) is 14.7 Å². The molecule has 1 aromatic heterocycles. The quantitative estimate of drug-likeness (QED) is 0.871. The summed E-state index contributed by atoms with van der Waals surface area (Å²) in [6.07, 6.45) is 2.85. The van der Waals surface area contributed by atoms with Crippen LogP contribution in [0.1, 0.15) is 30.6 Å². The number of hydrogen-bond donors (Lipinski definition) is 1. The fourth-order valence-electron chi connectivity index (χ4n) is 2.32. The molecule has 1 heterocycles. The predicted octanol–water partition coefficient (Wildman–Crippen LogP) is 3.27. The summed E-state index contributed by atoms with van der Waals surface area (Å²) in [5, 5.41) is 11.3. The molecule has 1 atom stereocenters. The number of carbonyl (C=O) groups excluding carboxylic acids is 1. The van der Waals surface area contributed by atoms with Gasteiger partial charge < -0.3 is 5.11 Å². The van der Waals surface area contributed by atoms with Crippen LogP contribution in [0.2, 0.25) is 0 Å². The van der Waals surface area contributed by atoms with Gasteiger partial charge in [-0.25, -0.2) is 0 Å². The van der Waals surface area contributed by atoms with Crippen molar-refractivity contribution in [2.45, 2.75) is 32.1 Å². The zero-order valence-electron chi connectivity index (χ0n) is 9.24. The van der Waals surface area contributed by atoms with Crippen molar-refractivity contribution < 1.29 is 14.7 Å². The molecule has 1 aliphatic rings. The van der Waals surface area contributed by atoms with Crippen LogP contribution < -0.4 is 0 Å². The van der Waals surface area contributed by atoms with Gasteiger partial charge in [-0.05, 0) is 34.8 Å². The van der Waals surface area contributed by atoms with Crippen molar-refractivity contribution in [1.82, 2.24) is 0 Å². The first-order valence-corrected chi connectivity index (χ1v) is 7.21. The molecule has 1 N–H and O–H groups in total. The molecule has 1 aliphatic carbocycles. The van der Waals surface area contributed by atoms with Crippen LogP contribution in [-0.4, -0.2) is 16.9 Å². The Bertz CT molecular complexity index is 454. The third kappa shape index (κ3) is 2.45. The van der Waals surface area contributed by atoms with E-state index in [1.54, 1.807) is 0 Å². The van der Waals surface area contributed by atoms with Gasteiger partial charge in [0.05, 0.1) is 0 Å². The Balaban J connectivity index is 2.28. The number of thiophene rings is 1. The van der Waals surface area contributed by atoms with Gasteiger partial charge in [-0.1, -0.05) is 6.42 Å². The molecule has 92 valence electrons. The average molecular weight is 317 g/mol. The van der Waals surface area contributed by atoms with Crippen LogP contribution in [0.3, 0.4) is 0 Å². The summed E-state index contributed by atoms with van der Waals surface area (Å²) in [6.45, 7) is 0. The zero-order chi connectivity index (χ0) is 12.5. The number of Topliss-reactive ketones (excluding diaryl/α,β-unsaturated/α-hetero) is 1. The lowest BCUT2D eigenvalue weighted by molar-refractivity contribution is -0.157. The molecule has 1 aromatic rings. The van der Waals surface area contributed by atoms with Gasteiger partial charge in [-0.2, -0.15) is 0 Å². The van der Waals surface area contributed by atoms with Crippen LogP contribution in [0.25, 0.3) is 0 Å². The molecule has 3 nitrogen and oxygen atoms in total. The normalized spacial score (nSPS) is 24.9. The SMILES string of the molecule is O=C(O)C1(Cc2cc(Br)cs2)CCCCC1=O. The molecule has 17 heavy (non-hydrogen) atoms. The van der Waals surface area contributed by atoms with E-state index in [4.69, 9.17) is 0 Å². The Hall–Kier alpha value is -0.680. The molecule has 0 bridgehead atoms. The lowest BCUT2D eigenvalue weighted by Crippen LogP contribution is -2.43. The summed E-state index contributed by atoms with van der Waals surface area (Å²) < 4.78 is 0.946. The second-order valence-corrected chi connectivity index (χ2v) is 6.34. The van der Waals surface area contributed by atoms with Crippen LogP contribution in [0.5, 0.6) is 0 Å². The van der Waals surface area contributed by atoms with Crippen molar-refractivity contribution in [3.63, 3.8) is 0 Å². The van der Waals surface area contributed by atoms with Crippen LogP contribution >= 0.6 is 27.3 Å². The number of aliphatic carboxylic acids is 1. The van der Waals surface area contributed by atoms with Crippen LogP contribution in [0.15, 0.2) is 15.9 Å². The number of ketones is 1. The van der Waals surface area contributed by atoms with E-state index in [0.717, 1.165) is 22.2 Å². The molecule has 0 aromatic carbocycles. The maximum Gasteiger partial charge on any atom is 0.317 e. The van der Waals surface area contributed by atoms with E-state index in [0.29, 0.717) is 19.3 Å². The standard InChI is InChI=1S/C12H13BrO3S/c13-8-5-9(17-7-8)6-12(11(15)16)4-2-1-3-10(12)14/h5,7H,1-4,6H2,(H,15,16). The first kappa shape index (κ1) is 12.8.